The van der Waals surface area contributed by atoms with Crippen molar-refractivity contribution in [2.45, 2.75) is 16.7 Å². The van der Waals surface area contributed by atoms with Gasteiger partial charge in [-0.2, -0.15) is 23.2 Å². The molecule has 324 valence electrons. The maximum atomic E-state index is 7.53. The summed E-state index contributed by atoms with van der Waals surface area (Å²) >= 11 is 3.93. The molecular formula is C61H41B2N3OS2. The second kappa shape index (κ2) is 16.2. The van der Waals surface area contributed by atoms with Gasteiger partial charge in [0.1, 0.15) is 11.5 Å². The van der Waals surface area contributed by atoms with E-state index in [1.807, 2.05) is 23.2 Å². The SMILES string of the molecule is Cc1c2c(cc3c1N(c1ccccc1)c1cc(N(c4ccccc4)c4ccccc4)cc4c1B3Sc1ccccc1-4)B1Sc3ccccc3-c3cc(N(c4ccccc4)c4ccccc4)cc(c31)O2. The normalized spacial score (nSPS) is 13.2. The topological polar surface area (TPSA) is 19.0 Å². The highest BCUT2D eigenvalue weighted by atomic mass is 32.2. The molecule has 4 nitrogen and oxygen atoms in total. The molecule has 0 aliphatic carbocycles. The average Bonchev–Trinajstić information content (AvgIpc) is 3.41. The number of para-hydroxylation sites is 5. The lowest BCUT2D eigenvalue weighted by molar-refractivity contribution is 0.484. The van der Waals surface area contributed by atoms with Crippen LogP contribution in [-0.4, -0.2) is 12.0 Å². The van der Waals surface area contributed by atoms with Gasteiger partial charge < -0.3 is 19.4 Å². The Morgan fingerprint density at radius 3 is 1.36 bits per heavy atom. The lowest BCUT2D eigenvalue weighted by Crippen LogP contribution is -2.54. The van der Waals surface area contributed by atoms with Crippen LogP contribution >= 0.6 is 23.2 Å². The molecule has 14 rings (SSSR count). The van der Waals surface area contributed by atoms with Gasteiger partial charge in [0.05, 0.1) is 5.69 Å². The Labute approximate surface area is 411 Å². The molecule has 4 aliphatic rings. The Bertz CT molecular complexity index is 3560. The lowest BCUT2D eigenvalue weighted by atomic mass is 9.51. The maximum Gasteiger partial charge on any atom is 0.289 e. The van der Waals surface area contributed by atoms with E-state index in [1.165, 1.54) is 65.3 Å². The van der Waals surface area contributed by atoms with Crippen LogP contribution in [0.2, 0.25) is 0 Å². The zero-order chi connectivity index (χ0) is 45.6. The van der Waals surface area contributed by atoms with E-state index in [2.05, 4.69) is 252 Å². The van der Waals surface area contributed by atoms with Crippen molar-refractivity contribution in [1.29, 1.82) is 0 Å². The van der Waals surface area contributed by atoms with E-state index >= 15 is 0 Å². The molecular weight excluding hydrogens is 876 g/mol. The van der Waals surface area contributed by atoms with E-state index in [-0.39, 0.29) is 12.0 Å². The van der Waals surface area contributed by atoms with Gasteiger partial charge in [-0.15, -0.1) is 0 Å². The summed E-state index contributed by atoms with van der Waals surface area (Å²) in [6.07, 6.45) is 0. The summed E-state index contributed by atoms with van der Waals surface area (Å²) in [6, 6.07) is 83.8. The van der Waals surface area contributed by atoms with Gasteiger partial charge in [-0.25, -0.2) is 0 Å². The molecule has 0 saturated heterocycles. The molecule has 0 bridgehead atoms. The largest absolute Gasteiger partial charge is 0.458 e. The van der Waals surface area contributed by atoms with Crippen LogP contribution in [0.15, 0.2) is 240 Å². The highest BCUT2D eigenvalue weighted by molar-refractivity contribution is 8.29. The Hall–Kier alpha value is -7.77. The molecule has 0 fully saturated rings. The van der Waals surface area contributed by atoms with Crippen LogP contribution in [-0.2, 0) is 0 Å². The summed E-state index contributed by atoms with van der Waals surface area (Å²) in [5, 5.41) is 0. The number of hydrogen-bond acceptors (Lipinski definition) is 6. The minimum Gasteiger partial charge on any atom is -0.458 e. The van der Waals surface area contributed by atoms with Gasteiger partial charge in [-0.3, -0.25) is 0 Å². The number of nitrogens with zero attached hydrogens (tertiary/aromatic N) is 3. The first-order valence-corrected chi connectivity index (χ1v) is 25.3. The van der Waals surface area contributed by atoms with Crippen molar-refractivity contribution in [3.63, 3.8) is 0 Å². The number of benzene rings is 10. The van der Waals surface area contributed by atoms with E-state index in [4.69, 9.17) is 4.74 Å². The van der Waals surface area contributed by atoms with Crippen molar-refractivity contribution in [3.05, 3.63) is 236 Å². The molecule has 0 N–H and O–H groups in total. The first kappa shape index (κ1) is 40.3. The van der Waals surface area contributed by atoms with Crippen molar-refractivity contribution in [2.75, 3.05) is 14.7 Å². The molecule has 10 aromatic carbocycles. The third-order valence-corrected chi connectivity index (χ3v) is 16.7. The molecule has 0 radical (unpaired) electrons. The first-order valence-electron chi connectivity index (χ1n) is 23.5. The summed E-state index contributed by atoms with van der Waals surface area (Å²) in [5.74, 6) is 1.89. The zero-order valence-corrected chi connectivity index (χ0v) is 39.3. The molecule has 0 atom stereocenters. The van der Waals surface area contributed by atoms with Crippen molar-refractivity contribution >= 4 is 108 Å². The molecule has 4 aliphatic heterocycles. The van der Waals surface area contributed by atoms with Crippen LogP contribution in [0.1, 0.15) is 5.56 Å². The second-order valence-electron chi connectivity index (χ2n) is 18.0. The van der Waals surface area contributed by atoms with Crippen LogP contribution in [0.25, 0.3) is 22.3 Å². The van der Waals surface area contributed by atoms with Crippen molar-refractivity contribution in [2.24, 2.45) is 0 Å². The van der Waals surface area contributed by atoms with E-state index in [9.17, 15) is 0 Å². The zero-order valence-electron chi connectivity index (χ0n) is 37.7. The fourth-order valence-electron chi connectivity index (χ4n) is 11.1. The molecule has 0 aromatic heterocycles. The second-order valence-corrected chi connectivity index (χ2v) is 20.3. The van der Waals surface area contributed by atoms with Gasteiger partial charge in [0.2, 0.25) is 0 Å². The van der Waals surface area contributed by atoms with Gasteiger partial charge in [-0.05, 0) is 142 Å². The predicted octanol–water partition coefficient (Wildman–Crippen LogP) is 14.6. The number of hydrogen-bond donors (Lipinski definition) is 0. The summed E-state index contributed by atoms with van der Waals surface area (Å²) in [5.41, 5.74) is 21.2. The summed E-state index contributed by atoms with van der Waals surface area (Å²) in [7, 11) is 0. The monoisotopic (exact) mass is 917 g/mol. The quantitative estimate of drug-likeness (QED) is 0.147. The number of ether oxygens (including phenoxy) is 1. The average molecular weight is 918 g/mol. The van der Waals surface area contributed by atoms with E-state index in [1.54, 1.807) is 0 Å². The van der Waals surface area contributed by atoms with Gasteiger partial charge >= 0.3 is 0 Å². The molecule has 4 heterocycles. The smallest absolute Gasteiger partial charge is 0.289 e. The molecule has 0 unspecified atom stereocenters. The van der Waals surface area contributed by atoms with E-state index in [0.717, 1.165) is 56.9 Å². The Morgan fingerprint density at radius 1 is 0.406 bits per heavy atom. The third kappa shape index (κ3) is 6.43. The number of rotatable bonds is 7. The van der Waals surface area contributed by atoms with Crippen LogP contribution < -0.4 is 41.3 Å². The van der Waals surface area contributed by atoms with Gasteiger partial charge in [0, 0.05) is 66.9 Å². The fourth-order valence-corrected chi connectivity index (χ4v) is 13.9. The molecule has 0 amide bonds. The molecule has 10 aromatic rings. The standard InChI is InChI=1S/C61H41B2N3OS2/c1-40-60-52(39-53-61(40)67-55-38-47(36-51-49-32-18-20-34-57(49)69-63(53)59(51)55)65(43-25-11-4-12-26-43)44-27-13-5-14-28-44)62-58-50(48-31-17-19-33-56(48)68-62)35-46(37-54(58)66(60)45-29-15-6-16-30-45)64(41-21-7-2-8-22-41)42-23-9-3-10-24-42/h2-39H,1H3. The minimum atomic E-state index is 0.0215. The summed E-state index contributed by atoms with van der Waals surface area (Å²) in [6.45, 7) is 2.29. The van der Waals surface area contributed by atoms with Crippen LogP contribution in [0.5, 0.6) is 11.5 Å². The molecule has 0 spiro atoms. The number of fused-ring (bicyclic) bond motifs is 8. The fraction of sp³-hybridized carbons (Fsp3) is 0.0164. The van der Waals surface area contributed by atoms with Crippen LogP contribution in [0.3, 0.4) is 0 Å². The molecule has 0 saturated carbocycles. The van der Waals surface area contributed by atoms with Crippen molar-refractivity contribution < 1.29 is 4.74 Å². The van der Waals surface area contributed by atoms with E-state index < -0.39 is 0 Å². The number of anilines is 9. The molecule has 8 heteroatoms. The van der Waals surface area contributed by atoms with Gasteiger partial charge in [-0.1, -0.05) is 133 Å². The summed E-state index contributed by atoms with van der Waals surface area (Å²) in [4.78, 5) is 9.85. The maximum absolute atomic E-state index is 7.53. The molecule has 69 heavy (non-hydrogen) atoms. The summed E-state index contributed by atoms with van der Waals surface area (Å²) < 4.78 is 7.53. The minimum absolute atomic E-state index is 0.0215. The Kier molecular flexibility index (Phi) is 9.46. The van der Waals surface area contributed by atoms with Crippen molar-refractivity contribution in [3.8, 4) is 33.8 Å². The van der Waals surface area contributed by atoms with E-state index in [0.29, 0.717) is 0 Å². The van der Waals surface area contributed by atoms with Gasteiger partial charge in [0.25, 0.3) is 12.0 Å². The van der Waals surface area contributed by atoms with Gasteiger partial charge in [0.15, 0.2) is 0 Å². The third-order valence-electron chi connectivity index (χ3n) is 14.0. The van der Waals surface area contributed by atoms with Crippen LogP contribution in [0, 0.1) is 6.92 Å². The Balaban J connectivity index is 1.02. The van der Waals surface area contributed by atoms with Crippen LogP contribution in [0.4, 0.5) is 51.2 Å². The predicted molar refractivity (Wildman–Crippen MR) is 294 cm³/mol. The Morgan fingerprint density at radius 2 is 0.841 bits per heavy atom. The highest BCUT2D eigenvalue weighted by Crippen LogP contribution is 2.53. The lowest BCUT2D eigenvalue weighted by Gasteiger charge is -2.43. The highest BCUT2D eigenvalue weighted by Gasteiger charge is 2.46. The van der Waals surface area contributed by atoms with Crippen molar-refractivity contribution in [1.82, 2.24) is 0 Å². The first-order chi connectivity index (χ1) is 34.2.